The van der Waals surface area contributed by atoms with Crippen LogP contribution >= 0.6 is 0 Å². The van der Waals surface area contributed by atoms with E-state index in [4.69, 9.17) is 26.4 Å². The van der Waals surface area contributed by atoms with Gasteiger partial charge in [-0.15, -0.1) is 0 Å². The van der Waals surface area contributed by atoms with Crippen molar-refractivity contribution in [2.24, 2.45) is 5.84 Å². The van der Waals surface area contributed by atoms with Gasteiger partial charge in [0.2, 0.25) is 0 Å². The lowest BCUT2D eigenvalue weighted by molar-refractivity contribution is 0.0484. The molecule has 2 aromatic carbocycles. The highest BCUT2D eigenvalue weighted by atomic mass is 16.6. The third-order valence-electron chi connectivity index (χ3n) is 5.13. The molecule has 1 amide bonds. The Labute approximate surface area is 227 Å². The molecule has 2 aromatic heterocycles. The summed E-state index contributed by atoms with van der Waals surface area (Å²) in [5, 5.41) is 0. The zero-order chi connectivity index (χ0) is 29.0. The zero-order valence-corrected chi connectivity index (χ0v) is 22.1. The number of ether oxygens (including phenoxy) is 2. The minimum atomic E-state index is -0.651. The number of methoxy groups -OCH3 is 1. The highest BCUT2D eigenvalue weighted by molar-refractivity contribution is 5.99. The standard InChI is InChI=1S/C17H19NO4.C11H11N3O.H2N2.H2/c1-17(2,3)22-16(20)18-11-10-13(14(18)15(19)21-4)12-8-6-5-7-9-12;12-14-11(15)10-9(6-7-13-10)8-4-2-1-3-5-8;1-2;/h5-11H,1-4H3;1-7,13H,12H2,(H,14,15);1-2H;1H. The van der Waals surface area contributed by atoms with Crippen molar-refractivity contribution in [2.45, 2.75) is 26.4 Å². The number of hydrazine groups is 1. The van der Waals surface area contributed by atoms with Crippen LogP contribution in [0.25, 0.3) is 22.3 Å². The molecule has 0 fully saturated rings. The Morgan fingerprint density at radius 2 is 1.44 bits per heavy atom. The van der Waals surface area contributed by atoms with E-state index in [1.54, 1.807) is 33.0 Å². The van der Waals surface area contributed by atoms with Crippen LogP contribution in [0.15, 0.2) is 85.2 Å². The van der Waals surface area contributed by atoms with Crippen LogP contribution in [-0.2, 0) is 9.47 Å². The summed E-state index contributed by atoms with van der Waals surface area (Å²) in [6.07, 6.45) is 2.62. The third-order valence-corrected chi connectivity index (χ3v) is 5.13. The van der Waals surface area contributed by atoms with Crippen molar-refractivity contribution in [1.82, 2.24) is 15.0 Å². The second-order valence-corrected chi connectivity index (χ2v) is 8.89. The molecule has 11 heteroatoms. The molecule has 0 radical (unpaired) electrons. The molecule has 0 saturated carbocycles. The van der Waals surface area contributed by atoms with E-state index in [1.165, 1.54) is 17.9 Å². The fraction of sp³-hybridized carbons (Fsp3) is 0.179. The van der Waals surface area contributed by atoms with Crippen LogP contribution in [0, 0.1) is 11.1 Å². The monoisotopic (exact) mass is 534 g/mol. The van der Waals surface area contributed by atoms with Crippen molar-refractivity contribution in [3.63, 3.8) is 0 Å². The van der Waals surface area contributed by atoms with E-state index < -0.39 is 17.7 Å². The number of esters is 1. The number of aromatic nitrogens is 2. The number of carbonyl (C=O) groups excluding carboxylic acids is 3. The van der Waals surface area contributed by atoms with Crippen molar-refractivity contribution >= 4 is 18.0 Å². The maximum absolute atomic E-state index is 12.3. The fourth-order valence-electron chi connectivity index (χ4n) is 3.54. The predicted octanol–water partition coefficient (Wildman–Crippen LogP) is 5.85. The smallest absolute Gasteiger partial charge is 0.419 e. The van der Waals surface area contributed by atoms with Crippen molar-refractivity contribution in [3.05, 3.63) is 96.6 Å². The molecule has 11 nitrogen and oxygen atoms in total. The van der Waals surface area contributed by atoms with Crippen molar-refractivity contribution < 1.29 is 25.3 Å². The van der Waals surface area contributed by atoms with Crippen LogP contribution in [0.1, 0.15) is 43.2 Å². The summed E-state index contributed by atoms with van der Waals surface area (Å²) in [5.74, 6) is 4.18. The lowest BCUT2D eigenvalue weighted by atomic mass is 10.1. The molecule has 2 heterocycles. The topological polar surface area (TPSA) is 176 Å². The summed E-state index contributed by atoms with van der Waals surface area (Å²) in [5.41, 5.74) is 15.4. The van der Waals surface area contributed by atoms with E-state index in [1.807, 2.05) is 66.7 Å². The highest BCUT2D eigenvalue weighted by Crippen LogP contribution is 2.26. The highest BCUT2D eigenvalue weighted by Gasteiger charge is 2.26. The number of carbonyl (C=O) groups is 3. The number of aromatic amines is 1. The minimum absolute atomic E-state index is 0. The van der Waals surface area contributed by atoms with Gasteiger partial charge in [0.1, 0.15) is 17.0 Å². The second-order valence-electron chi connectivity index (χ2n) is 8.89. The molecule has 4 rings (SSSR count). The molecule has 0 spiro atoms. The zero-order valence-electron chi connectivity index (χ0n) is 22.1. The van der Waals surface area contributed by atoms with Gasteiger partial charge in [0.15, 0.2) is 0 Å². The summed E-state index contributed by atoms with van der Waals surface area (Å²) in [6, 6.07) is 22.5. The first kappa shape index (κ1) is 30.2. The molecule has 0 bridgehead atoms. The molecular weight excluding hydrogens is 500 g/mol. The molecule has 206 valence electrons. The van der Waals surface area contributed by atoms with E-state index in [0.29, 0.717) is 11.3 Å². The lowest BCUT2D eigenvalue weighted by Crippen LogP contribution is -2.30. The number of benzene rings is 2. The molecular formula is C28H34N6O5. The molecule has 0 saturated heterocycles. The first-order valence-corrected chi connectivity index (χ1v) is 11.7. The lowest BCUT2D eigenvalue weighted by Gasteiger charge is -2.20. The Morgan fingerprint density at radius 3 is 1.92 bits per heavy atom. The van der Waals surface area contributed by atoms with Gasteiger partial charge in [-0.25, -0.2) is 31.1 Å². The van der Waals surface area contributed by atoms with Crippen LogP contribution in [0.4, 0.5) is 4.79 Å². The summed E-state index contributed by atoms with van der Waals surface area (Å²) in [4.78, 5) is 38.7. The van der Waals surface area contributed by atoms with Crippen LogP contribution < -0.4 is 11.3 Å². The van der Waals surface area contributed by atoms with E-state index in [9.17, 15) is 14.4 Å². The Balaban J connectivity index is 0.000000389. The van der Waals surface area contributed by atoms with Gasteiger partial charge in [-0.2, -0.15) is 0 Å². The van der Waals surface area contributed by atoms with E-state index in [-0.39, 0.29) is 13.0 Å². The van der Waals surface area contributed by atoms with E-state index in [0.717, 1.165) is 16.7 Å². The summed E-state index contributed by atoms with van der Waals surface area (Å²) in [7, 11) is 1.28. The molecule has 0 aliphatic heterocycles. The van der Waals surface area contributed by atoms with Crippen molar-refractivity contribution in [1.29, 1.82) is 11.1 Å². The van der Waals surface area contributed by atoms with Crippen molar-refractivity contribution in [3.8, 4) is 22.3 Å². The number of nitrogen functional groups attached to an aromatic ring is 1. The van der Waals surface area contributed by atoms with Gasteiger partial charge in [-0.3, -0.25) is 10.2 Å². The van der Waals surface area contributed by atoms with Gasteiger partial charge in [-0.05, 0) is 44.0 Å². The normalized spacial score (nSPS) is 10.2. The molecule has 4 aromatic rings. The van der Waals surface area contributed by atoms with Gasteiger partial charge in [0, 0.05) is 24.9 Å². The molecule has 39 heavy (non-hydrogen) atoms. The maximum Gasteiger partial charge on any atom is 0.419 e. The Hall–Kier alpha value is -5.03. The van der Waals surface area contributed by atoms with Crippen LogP contribution in [0.5, 0.6) is 0 Å². The van der Waals surface area contributed by atoms with Gasteiger partial charge in [0.25, 0.3) is 5.91 Å². The molecule has 0 unspecified atom stereocenters. The average Bonchev–Trinajstić information content (AvgIpc) is 3.62. The maximum atomic E-state index is 12.3. The molecule has 6 N–H and O–H groups in total. The van der Waals surface area contributed by atoms with Gasteiger partial charge in [0.05, 0.1) is 7.11 Å². The number of H-pyrrole nitrogens is 1. The average molecular weight is 535 g/mol. The largest absolute Gasteiger partial charge is 0.464 e. The second kappa shape index (κ2) is 14.1. The molecule has 0 atom stereocenters. The summed E-state index contributed by atoms with van der Waals surface area (Å²) < 4.78 is 11.3. The van der Waals surface area contributed by atoms with E-state index >= 15 is 0 Å². The first-order chi connectivity index (χ1) is 18.7. The number of nitrogens with zero attached hydrogens (tertiary/aromatic N) is 1. The molecule has 0 aliphatic rings. The minimum Gasteiger partial charge on any atom is -0.464 e. The van der Waals surface area contributed by atoms with Crippen molar-refractivity contribution in [2.75, 3.05) is 7.11 Å². The first-order valence-electron chi connectivity index (χ1n) is 11.7. The summed E-state index contributed by atoms with van der Waals surface area (Å²) in [6.45, 7) is 5.30. The third kappa shape index (κ3) is 7.98. The Kier molecular flexibility index (Phi) is 10.9. The van der Waals surface area contributed by atoms with Gasteiger partial charge in [-0.1, -0.05) is 60.7 Å². The number of hydrogen-bond donors (Lipinski definition) is 5. The Bertz CT molecular complexity index is 1380. The number of nitrogens with one attached hydrogen (secondary N) is 4. The van der Waals surface area contributed by atoms with Crippen LogP contribution in [0.3, 0.4) is 0 Å². The molecule has 0 aliphatic carbocycles. The SMILES string of the molecule is COC(=O)c1c(-c2ccccc2)ccn1C(=O)OC(C)(C)C.N=N.NNC(=O)c1[nH]ccc1-c1ccccc1.[HH]. The van der Waals surface area contributed by atoms with Gasteiger partial charge < -0.3 is 14.5 Å². The number of hydrogen-bond acceptors (Lipinski definition) is 8. The van der Waals surface area contributed by atoms with Crippen LogP contribution in [-0.4, -0.2) is 40.2 Å². The number of amides is 1. The van der Waals surface area contributed by atoms with E-state index in [2.05, 4.69) is 10.4 Å². The number of nitrogens with two attached hydrogens (primary N) is 1. The quantitative estimate of drug-likeness (QED) is 0.0720. The number of rotatable bonds is 4. The predicted molar refractivity (Wildman–Crippen MR) is 148 cm³/mol. The van der Waals surface area contributed by atoms with Gasteiger partial charge >= 0.3 is 12.1 Å². The van der Waals surface area contributed by atoms with Crippen LogP contribution in [0.2, 0.25) is 0 Å². The fourth-order valence-corrected chi connectivity index (χ4v) is 3.54. The Morgan fingerprint density at radius 1 is 0.897 bits per heavy atom. The summed E-state index contributed by atoms with van der Waals surface area (Å²) >= 11 is 0.